The highest BCUT2D eigenvalue weighted by Gasteiger charge is 2.24. The normalized spacial score (nSPS) is 24.3. The van der Waals surface area contributed by atoms with Crippen LogP contribution >= 0.6 is 15.9 Å². The van der Waals surface area contributed by atoms with Gasteiger partial charge in [0.15, 0.2) is 0 Å². The first kappa shape index (κ1) is 13.8. The molecule has 4 nitrogen and oxygen atoms in total. The minimum Gasteiger partial charge on any atom is -0.372 e. The van der Waals surface area contributed by atoms with E-state index in [-0.39, 0.29) is 12.2 Å². The Kier molecular flexibility index (Phi) is 4.59. The van der Waals surface area contributed by atoms with E-state index in [1.54, 1.807) is 0 Å². The topological polar surface area (TPSA) is 37.4 Å². The van der Waals surface area contributed by atoms with E-state index in [1.165, 1.54) is 5.56 Å². The Labute approximate surface area is 117 Å². The molecule has 0 saturated carbocycles. The van der Waals surface area contributed by atoms with Crippen molar-refractivity contribution in [3.63, 3.8) is 0 Å². The predicted octanol–water partition coefficient (Wildman–Crippen LogP) is 2.18. The number of pyridine rings is 1. The molecule has 0 spiro atoms. The van der Waals surface area contributed by atoms with E-state index in [0.29, 0.717) is 0 Å². The van der Waals surface area contributed by atoms with Crippen LogP contribution in [0.15, 0.2) is 16.7 Å². The zero-order chi connectivity index (χ0) is 13.1. The number of morpholine rings is 1. The fourth-order valence-corrected chi connectivity index (χ4v) is 2.81. The second-order valence-electron chi connectivity index (χ2n) is 4.83. The SMILES string of the molecule is CNCc1cc(Br)cnc1N1CC(C)OC(C)C1. The van der Waals surface area contributed by atoms with Crippen molar-refractivity contribution in [3.05, 3.63) is 22.3 Å². The van der Waals surface area contributed by atoms with Crippen LogP contribution < -0.4 is 10.2 Å². The van der Waals surface area contributed by atoms with Gasteiger partial charge in [-0.15, -0.1) is 0 Å². The molecule has 0 aromatic carbocycles. The number of aromatic nitrogens is 1. The van der Waals surface area contributed by atoms with Crippen molar-refractivity contribution in [3.8, 4) is 0 Å². The molecule has 1 aromatic rings. The third-order valence-electron chi connectivity index (χ3n) is 3.00. The molecule has 2 unspecified atom stereocenters. The molecule has 5 heteroatoms. The van der Waals surface area contributed by atoms with Crippen molar-refractivity contribution in [1.29, 1.82) is 0 Å². The number of ether oxygens (including phenoxy) is 1. The fourth-order valence-electron chi connectivity index (χ4n) is 2.43. The molecule has 0 bridgehead atoms. The van der Waals surface area contributed by atoms with E-state index < -0.39 is 0 Å². The largest absolute Gasteiger partial charge is 0.372 e. The number of nitrogens with zero attached hydrogens (tertiary/aromatic N) is 2. The summed E-state index contributed by atoms with van der Waals surface area (Å²) < 4.78 is 6.79. The van der Waals surface area contributed by atoms with E-state index in [2.05, 4.69) is 51.0 Å². The van der Waals surface area contributed by atoms with Gasteiger partial charge in [-0.3, -0.25) is 0 Å². The summed E-state index contributed by atoms with van der Waals surface area (Å²) in [5.41, 5.74) is 1.22. The van der Waals surface area contributed by atoms with Crippen molar-refractivity contribution in [1.82, 2.24) is 10.3 Å². The van der Waals surface area contributed by atoms with Gasteiger partial charge >= 0.3 is 0 Å². The van der Waals surface area contributed by atoms with Crippen molar-refractivity contribution in [2.24, 2.45) is 0 Å². The van der Waals surface area contributed by atoms with Crippen LogP contribution in [0.4, 0.5) is 5.82 Å². The summed E-state index contributed by atoms with van der Waals surface area (Å²) in [5, 5.41) is 3.19. The van der Waals surface area contributed by atoms with E-state index in [4.69, 9.17) is 4.74 Å². The molecule has 0 aliphatic carbocycles. The van der Waals surface area contributed by atoms with Crippen LogP contribution in [0.3, 0.4) is 0 Å². The van der Waals surface area contributed by atoms with Gasteiger partial charge in [-0.1, -0.05) is 0 Å². The summed E-state index contributed by atoms with van der Waals surface area (Å²) in [4.78, 5) is 6.89. The average molecular weight is 314 g/mol. The standard InChI is InChI=1S/C13H20BrN3O/c1-9-7-17(8-10(2)18-9)13-11(5-15-3)4-12(14)6-16-13/h4,6,9-10,15H,5,7-8H2,1-3H3. The van der Waals surface area contributed by atoms with Gasteiger partial charge in [-0.05, 0) is 42.9 Å². The number of anilines is 1. The second-order valence-corrected chi connectivity index (χ2v) is 5.74. The van der Waals surface area contributed by atoms with Gasteiger partial charge in [-0.2, -0.15) is 0 Å². The number of halogens is 1. The Morgan fingerprint density at radius 1 is 1.44 bits per heavy atom. The lowest BCUT2D eigenvalue weighted by atomic mass is 10.2. The number of hydrogen-bond acceptors (Lipinski definition) is 4. The first-order valence-electron chi connectivity index (χ1n) is 6.29. The van der Waals surface area contributed by atoms with E-state index in [1.807, 2.05) is 13.2 Å². The van der Waals surface area contributed by atoms with E-state index in [0.717, 1.165) is 29.9 Å². The van der Waals surface area contributed by atoms with Crippen LogP contribution in [0.2, 0.25) is 0 Å². The summed E-state index contributed by atoms with van der Waals surface area (Å²) in [6.45, 7) is 6.84. The van der Waals surface area contributed by atoms with Gasteiger partial charge < -0.3 is 15.0 Å². The van der Waals surface area contributed by atoms with Crippen LogP contribution in [0.25, 0.3) is 0 Å². The molecule has 0 amide bonds. The molecule has 1 aliphatic heterocycles. The van der Waals surface area contributed by atoms with E-state index >= 15 is 0 Å². The summed E-state index contributed by atoms with van der Waals surface area (Å²) in [6, 6.07) is 2.13. The van der Waals surface area contributed by atoms with Crippen LogP contribution in [0.5, 0.6) is 0 Å². The summed E-state index contributed by atoms with van der Waals surface area (Å²) >= 11 is 3.48. The first-order valence-corrected chi connectivity index (χ1v) is 7.09. The Morgan fingerprint density at radius 3 is 2.72 bits per heavy atom. The molecular weight excluding hydrogens is 294 g/mol. The Hall–Kier alpha value is -0.650. The second kappa shape index (κ2) is 5.99. The zero-order valence-electron chi connectivity index (χ0n) is 11.1. The third kappa shape index (κ3) is 3.22. The van der Waals surface area contributed by atoms with Gasteiger partial charge in [0.2, 0.25) is 0 Å². The molecule has 1 N–H and O–H groups in total. The quantitative estimate of drug-likeness (QED) is 0.928. The molecule has 2 heterocycles. The minimum atomic E-state index is 0.252. The molecule has 1 fully saturated rings. The first-order chi connectivity index (χ1) is 8.60. The van der Waals surface area contributed by atoms with Crippen LogP contribution in [0, 0.1) is 0 Å². The van der Waals surface area contributed by atoms with Gasteiger partial charge in [0.1, 0.15) is 5.82 Å². The lowest BCUT2D eigenvalue weighted by Gasteiger charge is -2.37. The van der Waals surface area contributed by atoms with Crippen molar-refractivity contribution in [2.45, 2.75) is 32.6 Å². The molecule has 2 rings (SSSR count). The van der Waals surface area contributed by atoms with Crippen molar-refractivity contribution in [2.75, 3.05) is 25.0 Å². The van der Waals surface area contributed by atoms with Crippen molar-refractivity contribution < 1.29 is 4.74 Å². The number of rotatable bonds is 3. The summed E-state index contributed by atoms with van der Waals surface area (Å²) in [6.07, 6.45) is 2.36. The maximum atomic E-state index is 5.77. The van der Waals surface area contributed by atoms with Crippen molar-refractivity contribution >= 4 is 21.7 Å². The Morgan fingerprint density at radius 2 is 2.11 bits per heavy atom. The van der Waals surface area contributed by atoms with Gasteiger partial charge in [0, 0.05) is 35.9 Å². The molecule has 1 aliphatic rings. The third-order valence-corrected chi connectivity index (χ3v) is 3.43. The average Bonchev–Trinajstić information content (AvgIpc) is 2.28. The highest BCUT2D eigenvalue weighted by atomic mass is 79.9. The molecule has 100 valence electrons. The van der Waals surface area contributed by atoms with Gasteiger partial charge in [0.05, 0.1) is 12.2 Å². The predicted molar refractivity (Wildman–Crippen MR) is 76.9 cm³/mol. The van der Waals surface area contributed by atoms with Gasteiger partial charge in [0.25, 0.3) is 0 Å². The smallest absolute Gasteiger partial charge is 0.133 e. The fraction of sp³-hybridized carbons (Fsp3) is 0.615. The maximum Gasteiger partial charge on any atom is 0.133 e. The minimum absolute atomic E-state index is 0.252. The Bertz CT molecular complexity index is 403. The monoisotopic (exact) mass is 313 g/mol. The summed E-state index contributed by atoms with van der Waals surface area (Å²) in [5.74, 6) is 1.06. The highest BCUT2D eigenvalue weighted by Crippen LogP contribution is 2.24. The summed E-state index contributed by atoms with van der Waals surface area (Å²) in [7, 11) is 1.95. The zero-order valence-corrected chi connectivity index (χ0v) is 12.7. The highest BCUT2D eigenvalue weighted by molar-refractivity contribution is 9.10. The lowest BCUT2D eigenvalue weighted by molar-refractivity contribution is -0.00551. The van der Waals surface area contributed by atoms with Crippen LogP contribution in [0.1, 0.15) is 19.4 Å². The molecule has 1 saturated heterocycles. The molecule has 0 radical (unpaired) electrons. The lowest BCUT2D eigenvalue weighted by Crippen LogP contribution is -2.46. The maximum absolute atomic E-state index is 5.77. The molecule has 1 aromatic heterocycles. The van der Waals surface area contributed by atoms with Crippen LogP contribution in [-0.2, 0) is 11.3 Å². The van der Waals surface area contributed by atoms with Gasteiger partial charge in [-0.25, -0.2) is 4.98 Å². The van der Waals surface area contributed by atoms with Crippen LogP contribution in [-0.4, -0.2) is 37.3 Å². The van der Waals surface area contributed by atoms with E-state index in [9.17, 15) is 0 Å². The Balaban J connectivity index is 2.25. The molecular formula is C13H20BrN3O. The molecule has 2 atom stereocenters. The number of nitrogens with one attached hydrogen (secondary N) is 1. The number of hydrogen-bond donors (Lipinski definition) is 1. The molecule has 18 heavy (non-hydrogen) atoms.